The molecule has 38 heavy (non-hydrogen) atoms. The summed E-state index contributed by atoms with van der Waals surface area (Å²) in [5.41, 5.74) is 0.877. The lowest BCUT2D eigenvalue weighted by atomic mass is 9.48. The number of carbonyl (C=O) groups excluding carboxylic acids is 2. The van der Waals surface area contributed by atoms with E-state index in [4.69, 9.17) is 0 Å². The van der Waals surface area contributed by atoms with Gasteiger partial charge < -0.3 is 10.6 Å². The fraction of sp³-hybridized carbons (Fsp3) is 0.677. The predicted octanol–water partition coefficient (Wildman–Crippen LogP) is 7.25. The van der Waals surface area contributed by atoms with Crippen molar-refractivity contribution in [3.63, 3.8) is 0 Å². The molecule has 4 nitrogen and oxygen atoms in total. The number of allylic oxidation sites excluding steroid dienone is 2. The van der Waals surface area contributed by atoms with E-state index in [1.807, 2.05) is 26.8 Å². The van der Waals surface area contributed by atoms with Crippen LogP contribution in [0.4, 0.5) is 18.9 Å². The lowest BCUT2D eigenvalue weighted by molar-refractivity contribution is -0.137. The zero-order valence-electron chi connectivity index (χ0n) is 23.2. The van der Waals surface area contributed by atoms with Crippen LogP contribution in [0, 0.1) is 34.5 Å². The molecular formula is C31H41F3N2O2. The first-order valence-corrected chi connectivity index (χ1v) is 14.2. The average molecular weight is 531 g/mol. The van der Waals surface area contributed by atoms with Gasteiger partial charge in [0.05, 0.1) is 5.56 Å². The van der Waals surface area contributed by atoms with E-state index in [1.165, 1.54) is 6.07 Å². The molecule has 3 aliphatic carbocycles. The number of nitrogens with one attached hydrogen (secondary N) is 2. The molecule has 6 atom stereocenters. The molecule has 7 heteroatoms. The first-order chi connectivity index (χ1) is 17.7. The molecule has 4 aliphatic rings. The summed E-state index contributed by atoms with van der Waals surface area (Å²) in [6.07, 6.45) is 3.83. The van der Waals surface area contributed by atoms with Crippen molar-refractivity contribution >= 4 is 17.4 Å². The van der Waals surface area contributed by atoms with Gasteiger partial charge in [0, 0.05) is 41.8 Å². The Kier molecular flexibility index (Phi) is 6.55. The van der Waals surface area contributed by atoms with E-state index in [1.54, 1.807) is 0 Å². The number of fused-ring (bicyclic) bond motifs is 4. The summed E-state index contributed by atoms with van der Waals surface area (Å²) in [4.78, 5) is 25.9. The van der Waals surface area contributed by atoms with Crippen LogP contribution in [0.2, 0.25) is 0 Å². The Balaban J connectivity index is 1.41. The highest BCUT2D eigenvalue weighted by atomic mass is 19.4. The van der Waals surface area contributed by atoms with Gasteiger partial charge in [-0.1, -0.05) is 47.1 Å². The summed E-state index contributed by atoms with van der Waals surface area (Å²) in [6.45, 7) is 11.1. The van der Waals surface area contributed by atoms with Crippen molar-refractivity contribution in [3.8, 4) is 0 Å². The highest BCUT2D eigenvalue weighted by Gasteiger charge is 2.60. The summed E-state index contributed by atoms with van der Waals surface area (Å²) >= 11 is 0. The van der Waals surface area contributed by atoms with Gasteiger partial charge in [0.25, 0.3) is 0 Å². The number of hydrogen-bond acceptors (Lipinski definition) is 3. The average Bonchev–Trinajstić information content (AvgIpc) is 3.15. The Labute approximate surface area is 224 Å². The number of ketones is 1. The topological polar surface area (TPSA) is 58.2 Å². The molecule has 1 aromatic carbocycles. The minimum Gasteiger partial charge on any atom is -0.387 e. The number of hydrogen-bond donors (Lipinski definition) is 2. The second-order valence-electron chi connectivity index (χ2n) is 13.6. The van der Waals surface area contributed by atoms with Gasteiger partial charge in [0.1, 0.15) is 0 Å². The van der Waals surface area contributed by atoms with Crippen LogP contribution in [0.25, 0.3) is 0 Å². The fourth-order valence-electron chi connectivity index (χ4n) is 8.56. The molecule has 2 N–H and O–H groups in total. The van der Waals surface area contributed by atoms with Crippen molar-refractivity contribution in [2.75, 3.05) is 11.9 Å². The number of rotatable bonds is 2. The molecular weight excluding hydrogens is 489 g/mol. The first-order valence-electron chi connectivity index (χ1n) is 14.2. The molecule has 3 fully saturated rings. The minimum atomic E-state index is -4.47. The number of halogens is 3. The van der Waals surface area contributed by atoms with Gasteiger partial charge in [-0.15, -0.1) is 0 Å². The molecule has 0 bridgehead atoms. The van der Waals surface area contributed by atoms with Gasteiger partial charge in [-0.05, 0) is 78.4 Å². The van der Waals surface area contributed by atoms with Crippen molar-refractivity contribution in [1.82, 2.24) is 5.32 Å². The quantitative estimate of drug-likeness (QED) is 0.424. The summed E-state index contributed by atoms with van der Waals surface area (Å²) in [7, 11) is 0. The van der Waals surface area contributed by atoms with Gasteiger partial charge in [-0.3, -0.25) is 9.59 Å². The van der Waals surface area contributed by atoms with Crippen LogP contribution in [-0.4, -0.2) is 18.2 Å². The van der Waals surface area contributed by atoms with E-state index in [9.17, 15) is 22.8 Å². The zero-order valence-corrected chi connectivity index (χ0v) is 23.2. The third-order valence-corrected chi connectivity index (χ3v) is 10.7. The van der Waals surface area contributed by atoms with Crippen molar-refractivity contribution in [3.05, 3.63) is 41.1 Å². The zero-order chi connectivity index (χ0) is 27.7. The number of anilines is 1. The van der Waals surface area contributed by atoms with E-state index < -0.39 is 17.2 Å². The van der Waals surface area contributed by atoms with Gasteiger partial charge in [0.2, 0.25) is 5.91 Å². The summed E-state index contributed by atoms with van der Waals surface area (Å²) in [6, 6.07) is 3.69. The molecule has 1 spiro atoms. The molecule has 2 saturated carbocycles. The molecule has 1 aliphatic heterocycles. The second kappa shape index (κ2) is 9.12. The van der Waals surface area contributed by atoms with Crippen molar-refractivity contribution in [2.24, 2.45) is 34.5 Å². The third kappa shape index (κ3) is 4.38. The molecule has 1 heterocycles. The number of carbonyl (C=O) groups is 2. The van der Waals surface area contributed by atoms with Crippen LogP contribution >= 0.6 is 0 Å². The Morgan fingerprint density at radius 1 is 1.08 bits per heavy atom. The predicted molar refractivity (Wildman–Crippen MR) is 142 cm³/mol. The molecule has 208 valence electrons. The van der Waals surface area contributed by atoms with Gasteiger partial charge in [-0.25, -0.2) is 0 Å². The van der Waals surface area contributed by atoms with Crippen LogP contribution in [0.1, 0.15) is 90.7 Å². The maximum Gasteiger partial charge on any atom is 0.416 e. The molecule has 0 aromatic heterocycles. The van der Waals surface area contributed by atoms with Crippen LogP contribution in [0.5, 0.6) is 0 Å². The first kappa shape index (κ1) is 27.3. The lowest BCUT2D eigenvalue weighted by Gasteiger charge is -2.59. The number of piperidine rings is 1. The lowest BCUT2D eigenvalue weighted by Crippen LogP contribution is -2.58. The second-order valence-corrected chi connectivity index (χ2v) is 13.6. The fourth-order valence-corrected chi connectivity index (χ4v) is 8.56. The largest absolute Gasteiger partial charge is 0.416 e. The highest BCUT2D eigenvalue weighted by molar-refractivity contribution is 5.94. The molecule has 1 amide bonds. The van der Waals surface area contributed by atoms with Crippen LogP contribution < -0.4 is 10.6 Å². The SMILES string of the molecule is C[C@H]1[C@@H](C(=O)Nc2cc(C(F)(F)F)ccc2C(C)(C)C)CCC12CCCC1C2CNC2=CC(=O)CC[C@@]21C. The maximum atomic E-state index is 13.7. The Morgan fingerprint density at radius 2 is 1.82 bits per heavy atom. The molecule has 1 aromatic rings. The molecule has 1 saturated heterocycles. The smallest absolute Gasteiger partial charge is 0.387 e. The number of amides is 1. The van der Waals surface area contributed by atoms with Crippen LogP contribution in [-0.2, 0) is 21.2 Å². The van der Waals surface area contributed by atoms with E-state index in [0.29, 0.717) is 23.8 Å². The minimum absolute atomic E-state index is 0.0224. The standard InChI is InChI=1S/C31H41F3N2O2/c1-18-21(27(38)36-25-15-19(31(32,33)34)8-9-23(25)28(2,3)4)11-14-30(18)12-6-7-22-24(30)17-35-26-16-20(37)10-13-29(22,26)5/h8-9,15-16,18,21-22,24,35H,6-7,10-14,17H2,1-5H3,(H,36,38)/t18-,21-,22?,24?,29+,30?/m0/s1. The number of alkyl halides is 3. The molecule has 3 unspecified atom stereocenters. The van der Waals surface area contributed by atoms with Crippen molar-refractivity contribution < 1.29 is 22.8 Å². The Morgan fingerprint density at radius 3 is 2.50 bits per heavy atom. The molecule has 0 radical (unpaired) electrons. The Hall–Kier alpha value is -2.31. The monoisotopic (exact) mass is 530 g/mol. The van der Waals surface area contributed by atoms with E-state index >= 15 is 0 Å². The van der Waals surface area contributed by atoms with E-state index in [0.717, 1.165) is 62.9 Å². The molecule has 5 rings (SSSR count). The normalized spacial score (nSPS) is 35.3. The summed E-state index contributed by atoms with van der Waals surface area (Å²) < 4.78 is 40.6. The van der Waals surface area contributed by atoms with Gasteiger partial charge in [0.15, 0.2) is 5.78 Å². The van der Waals surface area contributed by atoms with Crippen LogP contribution in [0.3, 0.4) is 0 Å². The van der Waals surface area contributed by atoms with Gasteiger partial charge >= 0.3 is 6.18 Å². The van der Waals surface area contributed by atoms with Crippen molar-refractivity contribution in [1.29, 1.82) is 0 Å². The van der Waals surface area contributed by atoms with Crippen LogP contribution in [0.15, 0.2) is 30.0 Å². The van der Waals surface area contributed by atoms with E-state index in [2.05, 4.69) is 24.5 Å². The maximum absolute atomic E-state index is 13.7. The third-order valence-electron chi connectivity index (χ3n) is 10.7. The Bertz CT molecular complexity index is 1170. The summed E-state index contributed by atoms with van der Waals surface area (Å²) in [5, 5.41) is 6.58. The van der Waals surface area contributed by atoms with Crippen molar-refractivity contribution in [2.45, 2.75) is 91.2 Å². The number of benzene rings is 1. The van der Waals surface area contributed by atoms with E-state index in [-0.39, 0.29) is 40.0 Å². The van der Waals surface area contributed by atoms with Gasteiger partial charge in [-0.2, -0.15) is 13.2 Å². The summed E-state index contributed by atoms with van der Waals surface area (Å²) in [5.74, 6) is 0.800. The highest BCUT2D eigenvalue weighted by Crippen LogP contribution is 2.64.